The Labute approximate surface area is 166 Å². The quantitative estimate of drug-likeness (QED) is 0.428. The second-order valence-electron chi connectivity index (χ2n) is 6.39. The highest BCUT2D eigenvalue weighted by molar-refractivity contribution is 5.71. The molecule has 0 spiro atoms. The highest BCUT2D eigenvalue weighted by atomic mass is 19.4. The van der Waals surface area contributed by atoms with Crippen molar-refractivity contribution in [2.45, 2.75) is 18.9 Å². The Morgan fingerprint density at radius 1 is 0.700 bits per heavy atom. The van der Waals surface area contributed by atoms with Crippen LogP contribution in [0.25, 0.3) is 11.1 Å². The van der Waals surface area contributed by atoms with Crippen molar-refractivity contribution in [1.82, 2.24) is 0 Å². The Bertz CT molecular complexity index is 1020. The summed E-state index contributed by atoms with van der Waals surface area (Å²) >= 11 is 0. The predicted molar refractivity (Wildman–Crippen MR) is 95.6 cm³/mol. The number of anilines is 1. The van der Waals surface area contributed by atoms with Crippen LogP contribution < -0.4 is 5.32 Å². The summed E-state index contributed by atoms with van der Waals surface area (Å²) < 4.78 is 106. The molecule has 3 rings (SSSR count). The van der Waals surface area contributed by atoms with E-state index in [0.29, 0.717) is 23.9 Å². The maximum atomic E-state index is 13.7. The standard InChI is InChI=1S/C21H13F8N/c22-18-2-1-3-19(23)16(18)11-30-14-7-4-12(5-8-14)15-10-13(20(24,25)26)6-9-17(15)21(27,28)29/h1-10,30H,11H2. The molecule has 0 saturated heterocycles. The van der Waals surface area contributed by atoms with Gasteiger partial charge in [-0.15, -0.1) is 0 Å². The third-order valence-corrected chi connectivity index (χ3v) is 4.38. The molecule has 0 aliphatic heterocycles. The van der Waals surface area contributed by atoms with E-state index in [4.69, 9.17) is 0 Å². The van der Waals surface area contributed by atoms with Crippen molar-refractivity contribution < 1.29 is 35.1 Å². The van der Waals surface area contributed by atoms with Crippen molar-refractivity contribution in [3.8, 4) is 11.1 Å². The molecule has 158 valence electrons. The Balaban J connectivity index is 1.90. The first-order valence-corrected chi connectivity index (χ1v) is 8.52. The van der Waals surface area contributed by atoms with Crippen molar-refractivity contribution >= 4 is 5.69 Å². The molecule has 30 heavy (non-hydrogen) atoms. The van der Waals surface area contributed by atoms with Gasteiger partial charge in [0.1, 0.15) is 11.6 Å². The van der Waals surface area contributed by atoms with E-state index in [-0.39, 0.29) is 17.7 Å². The van der Waals surface area contributed by atoms with Crippen LogP contribution in [0, 0.1) is 11.6 Å². The normalized spacial score (nSPS) is 12.1. The summed E-state index contributed by atoms with van der Waals surface area (Å²) in [5.41, 5.74) is -3.02. The fraction of sp³-hybridized carbons (Fsp3) is 0.143. The summed E-state index contributed by atoms with van der Waals surface area (Å²) in [7, 11) is 0. The molecule has 0 atom stereocenters. The molecule has 0 fully saturated rings. The first kappa shape index (κ1) is 21.6. The van der Waals surface area contributed by atoms with Crippen LogP contribution >= 0.6 is 0 Å². The van der Waals surface area contributed by atoms with Crippen LogP contribution in [-0.2, 0) is 18.9 Å². The molecule has 0 heterocycles. The van der Waals surface area contributed by atoms with E-state index < -0.39 is 40.7 Å². The summed E-state index contributed by atoms with van der Waals surface area (Å²) in [5, 5.41) is 2.72. The van der Waals surface area contributed by atoms with Crippen molar-refractivity contribution in [3.05, 3.63) is 89.0 Å². The molecule has 0 amide bonds. The third kappa shape index (κ3) is 4.72. The molecule has 0 bridgehead atoms. The molecule has 1 nitrogen and oxygen atoms in total. The van der Waals surface area contributed by atoms with E-state index in [1.54, 1.807) is 0 Å². The van der Waals surface area contributed by atoms with Gasteiger partial charge in [-0.25, -0.2) is 8.78 Å². The van der Waals surface area contributed by atoms with E-state index in [0.717, 1.165) is 12.1 Å². The molecule has 0 saturated carbocycles. The van der Waals surface area contributed by atoms with Gasteiger partial charge in [-0.05, 0) is 53.6 Å². The Morgan fingerprint density at radius 2 is 1.30 bits per heavy atom. The summed E-state index contributed by atoms with van der Waals surface area (Å²) in [6.45, 7) is -0.227. The molecule has 0 unspecified atom stereocenters. The van der Waals surface area contributed by atoms with Gasteiger partial charge in [-0.1, -0.05) is 18.2 Å². The van der Waals surface area contributed by atoms with Gasteiger partial charge >= 0.3 is 12.4 Å². The second kappa shape index (κ2) is 7.97. The van der Waals surface area contributed by atoms with Gasteiger partial charge in [0.25, 0.3) is 0 Å². The molecular formula is C21H13F8N. The number of benzene rings is 3. The van der Waals surface area contributed by atoms with Crippen molar-refractivity contribution in [3.63, 3.8) is 0 Å². The van der Waals surface area contributed by atoms with Gasteiger partial charge in [-0.3, -0.25) is 0 Å². The minimum absolute atomic E-state index is 0.0870. The summed E-state index contributed by atoms with van der Waals surface area (Å²) in [6.07, 6.45) is -9.65. The molecule has 0 aliphatic rings. The molecular weight excluding hydrogens is 418 g/mol. The van der Waals surface area contributed by atoms with Gasteiger partial charge < -0.3 is 5.32 Å². The second-order valence-corrected chi connectivity index (χ2v) is 6.39. The van der Waals surface area contributed by atoms with E-state index in [1.165, 1.54) is 30.3 Å². The van der Waals surface area contributed by atoms with Crippen molar-refractivity contribution in [1.29, 1.82) is 0 Å². The molecule has 1 N–H and O–H groups in total. The van der Waals surface area contributed by atoms with Crippen LogP contribution in [0.2, 0.25) is 0 Å². The van der Waals surface area contributed by atoms with E-state index in [2.05, 4.69) is 5.32 Å². The van der Waals surface area contributed by atoms with Gasteiger partial charge in [0.05, 0.1) is 11.1 Å². The van der Waals surface area contributed by atoms with Crippen LogP contribution in [0.1, 0.15) is 16.7 Å². The van der Waals surface area contributed by atoms with E-state index >= 15 is 0 Å². The lowest BCUT2D eigenvalue weighted by atomic mass is 9.96. The van der Waals surface area contributed by atoms with Crippen LogP contribution in [0.15, 0.2) is 60.7 Å². The zero-order valence-corrected chi connectivity index (χ0v) is 15.0. The molecule has 0 aliphatic carbocycles. The fourth-order valence-electron chi connectivity index (χ4n) is 2.87. The van der Waals surface area contributed by atoms with Crippen LogP contribution in [0.4, 0.5) is 40.8 Å². The average Bonchev–Trinajstić information content (AvgIpc) is 2.66. The first-order valence-electron chi connectivity index (χ1n) is 8.52. The fourth-order valence-corrected chi connectivity index (χ4v) is 2.87. The molecule has 3 aromatic carbocycles. The highest BCUT2D eigenvalue weighted by Gasteiger charge is 2.37. The Morgan fingerprint density at radius 3 is 1.83 bits per heavy atom. The predicted octanol–water partition coefficient (Wildman–Crippen LogP) is 7.28. The van der Waals surface area contributed by atoms with Gasteiger partial charge in [0.2, 0.25) is 0 Å². The lowest BCUT2D eigenvalue weighted by molar-refractivity contribution is -0.141. The average molecular weight is 431 g/mol. The topological polar surface area (TPSA) is 12.0 Å². The van der Waals surface area contributed by atoms with Crippen molar-refractivity contribution in [2.75, 3.05) is 5.32 Å². The minimum atomic E-state index is -4.85. The van der Waals surface area contributed by atoms with Crippen LogP contribution in [-0.4, -0.2) is 0 Å². The SMILES string of the molecule is Fc1cccc(F)c1CNc1ccc(-c2cc(C(F)(F)F)ccc2C(F)(F)F)cc1. The smallest absolute Gasteiger partial charge is 0.381 e. The molecule has 3 aromatic rings. The number of rotatable bonds is 4. The van der Waals surface area contributed by atoms with Crippen molar-refractivity contribution in [2.24, 2.45) is 0 Å². The Kier molecular flexibility index (Phi) is 5.74. The zero-order valence-electron chi connectivity index (χ0n) is 15.0. The first-order chi connectivity index (χ1) is 14.0. The van der Waals surface area contributed by atoms with Crippen LogP contribution in [0.3, 0.4) is 0 Å². The summed E-state index contributed by atoms with van der Waals surface area (Å²) in [6, 6.07) is 9.61. The number of halogens is 8. The molecule has 0 radical (unpaired) electrons. The highest BCUT2D eigenvalue weighted by Crippen LogP contribution is 2.40. The lowest BCUT2D eigenvalue weighted by Gasteiger charge is -2.16. The largest absolute Gasteiger partial charge is 0.417 e. The van der Waals surface area contributed by atoms with Gasteiger partial charge in [0.15, 0.2) is 0 Å². The number of hydrogen-bond acceptors (Lipinski definition) is 1. The van der Waals surface area contributed by atoms with Crippen LogP contribution in [0.5, 0.6) is 0 Å². The zero-order chi connectivity index (χ0) is 22.1. The Hall–Kier alpha value is -3.10. The molecule has 9 heteroatoms. The lowest BCUT2D eigenvalue weighted by Crippen LogP contribution is -2.11. The third-order valence-electron chi connectivity index (χ3n) is 4.38. The maximum absolute atomic E-state index is 13.7. The monoisotopic (exact) mass is 431 g/mol. The molecule has 0 aromatic heterocycles. The maximum Gasteiger partial charge on any atom is 0.417 e. The number of nitrogens with one attached hydrogen (secondary N) is 1. The number of hydrogen-bond donors (Lipinski definition) is 1. The van der Waals surface area contributed by atoms with Gasteiger partial charge in [-0.2, -0.15) is 26.3 Å². The minimum Gasteiger partial charge on any atom is -0.381 e. The van der Waals surface area contributed by atoms with E-state index in [1.807, 2.05) is 0 Å². The summed E-state index contributed by atoms with van der Waals surface area (Å²) in [5.74, 6) is -1.53. The van der Waals surface area contributed by atoms with E-state index in [9.17, 15) is 35.1 Å². The summed E-state index contributed by atoms with van der Waals surface area (Å²) in [4.78, 5) is 0. The number of alkyl halides is 6. The van der Waals surface area contributed by atoms with Gasteiger partial charge in [0, 0.05) is 17.8 Å².